The molecule has 1 aliphatic carbocycles. The normalized spacial score (nSPS) is 15.1. The number of para-hydroxylation sites is 1. The highest BCUT2D eigenvalue weighted by Crippen LogP contribution is 2.41. The fraction of sp³-hybridized carbons (Fsp3) is 0.296. The largest absolute Gasteiger partial charge is 0.462 e. The van der Waals surface area contributed by atoms with Gasteiger partial charge in [-0.1, -0.05) is 43.1 Å². The molecule has 4 aromatic rings. The maximum absolute atomic E-state index is 13.7. The summed E-state index contributed by atoms with van der Waals surface area (Å²) >= 11 is 9.07. The molecule has 1 N–H and O–H groups in total. The molecule has 180 valence electrons. The molecule has 1 atom stereocenters. The lowest BCUT2D eigenvalue weighted by Gasteiger charge is -2.20. The van der Waals surface area contributed by atoms with E-state index < -0.39 is 0 Å². The highest BCUT2D eigenvalue weighted by atomic mass is 35.5. The summed E-state index contributed by atoms with van der Waals surface area (Å²) in [6.45, 7) is 4.28. The zero-order chi connectivity index (χ0) is 24.5. The van der Waals surface area contributed by atoms with Crippen molar-refractivity contribution in [3.8, 4) is 10.6 Å². The third-order valence-corrected chi connectivity index (χ3v) is 8.86. The first kappa shape index (κ1) is 24.0. The number of anilines is 1. The van der Waals surface area contributed by atoms with Gasteiger partial charge in [0.05, 0.1) is 38.2 Å². The van der Waals surface area contributed by atoms with Gasteiger partial charge in [0.25, 0.3) is 5.91 Å². The van der Waals surface area contributed by atoms with Crippen LogP contribution in [0.25, 0.3) is 21.5 Å². The van der Waals surface area contributed by atoms with Crippen LogP contribution in [-0.2, 0) is 17.6 Å². The Kier molecular flexibility index (Phi) is 6.91. The Balaban J connectivity index is 1.56. The maximum atomic E-state index is 13.7. The number of esters is 1. The Labute approximate surface area is 217 Å². The number of hydrogen-bond donors (Lipinski definition) is 1. The van der Waals surface area contributed by atoms with E-state index in [-0.39, 0.29) is 18.5 Å². The van der Waals surface area contributed by atoms with Crippen molar-refractivity contribution in [3.63, 3.8) is 0 Å². The molecular formula is C27H25ClN2O3S2. The number of carbonyl (C=O) groups excluding carboxylic acids is 2. The lowest BCUT2D eigenvalue weighted by Crippen LogP contribution is -2.17. The number of aromatic nitrogens is 1. The van der Waals surface area contributed by atoms with Gasteiger partial charge in [0.15, 0.2) is 0 Å². The summed E-state index contributed by atoms with van der Waals surface area (Å²) in [5, 5.41) is 4.38. The lowest BCUT2D eigenvalue weighted by atomic mass is 9.85. The number of benzene rings is 1. The first-order chi connectivity index (χ1) is 17.0. The number of nitrogens with one attached hydrogen (secondary N) is 1. The van der Waals surface area contributed by atoms with Gasteiger partial charge in [-0.25, -0.2) is 9.78 Å². The Morgan fingerprint density at radius 3 is 2.74 bits per heavy atom. The van der Waals surface area contributed by atoms with Crippen molar-refractivity contribution < 1.29 is 14.3 Å². The number of rotatable bonds is 6. The van der Waals surface area contributed by atoms with Crippen molar-refractivity contribution in [1.82, 2.24) is 4.98 Å². The summed E-state index contributed by atoms with van der Waals surface area (Å²) in [5.74, 6) is -0.0449. The van der Waals surface area contributed by atoms with E-state index in [0.29, 0.717) is 32.1 Å². The number of nitrogens with zero attached hydrogens (tertiary/aromatic N) is 1. The molecule has 1 amide bonds. The Morgan fingerprint density at radius 1 is 1.17 bits per heavy atom. The molecule has 3 aromatic heterocycles. The summed E-state index contributed by atoms with van der Waals surface area (Å²) in [7, 11) is 0. The van der Waals surface area contributed by atoms with Crippen LogP contribution in [0.3, 0.4) is 0 Å². The van der Waals surface area contributed by atoms with Crippen molar-refractivity contribution in [2.75, 3.05) is 11.9 Å². The lowest BCUT2D eigenvalue weighted by molar-refractivity contribution is 0.0526. The number of pyridine rings is 1. The van der Waals surface area contributed by atoms with Crippen molar-refractivity contribution in [2.24, 2.45) is 5.92 Å². The standard InChI is InChI=1S/C27H25ClN2O3S2/c1-3-15-9-10-17-22(13-15)35-26(24(17)27(32)33-4-2)30-25(31)18-14-20(21-11-12-23(28)34-21)29-19-8-6-5-7-16(18)19/h5-8,11-12,14-15H,3-4,9-10,13H2,1-2H3,(H,30,31)/t15-/m0/s1. The summed E-state index contributed by atoms with van der Waals surface area (Å²) in [6, 6.07) is 13.1. The van der Waals surface area contributed by atoms with Crippen LogP contribution in [0.2, 0.25) is 4.34 Å². The van der Waals surface area contributed by atoms with Crippen molar-refractivity contribution in [3.05, 3.63) is 68.4 Å². The van der Waals surface area contributed by atoms with E-state index in [2.05, 4.69) is 12.2 Å². The fourth-order valence-electron chi connectivity index (χ4n) is 4.62. The Morgan fingerprint density at radius 2 is 2.00 bits per heavy atom. The average Bonchev–Trinajstić information content (AvgIpc) is 3.45. The molecule has 0 spiro atoms. The second-order valence-corrected chi connectivity index (χ2v) is 11.4. The number of amides is 1. The van der Waals surface area contributed by atoms with Crippen LogP contribution >= 0.6 is 34.3 Å². The van der Waals surface area contributed by atoms with E-state index in [1.54, 1.807) is 13.0 Å². The average molecular weight is 525 g/mol. The van der Waals surface area contributed by atoms with Crippen molar-refractivity contribution in [2.45, 2.75) is 39.5 Å². The van der Waals surface area contributed by atoms with Gasteiger partial charge in [-0.15, -0.1) is 22.7 Å². The second kappa shape index (κ2) is 10.1. The Hall–Kier alpha value is -2.74. The van der Waals surface area contributed by atoms with Crippen LogP contribution in [0.1, 0.15) is 57.8 Å². The number of fused-ring (bicyclic) bond motifs is 2. The third-order valence-electron chi connectivity index (χ3n) is 6.44. The highest BCUT2D eigenvalue weighted by Gasteiger charge is 2.30. The van der Waals surface area contributed by atoms with Crippen LogP contribution in [0.15, 0.2) is 42.5 Å². The van der Waals surface area contributed by atoms with Gasteiger partial charge >= 0.3 is 5.97 Å². The molecule has 1 aromatic carbocycles. The molecule has 0 fully saturated rings. The van der Waals surface area contributed by atoms with Gasteiger partial charge in [0.2, 0.25) is 0 Å². The smallest absolute Gasteiger partial charge is 0.341 e. The molecule has 0 radical (unpaired) electrons. The van der Waals surface area contributed by atoms with Crippen molar-refractivity contribution >= 4 is 62.1 Å². The van der Waals surface area contributed by atoms with Crippen LogP contribution < -0.4 is 5.32 Å². The summed E-state index contributed by atoms with van der Waals surface area (Å²) in [5.41, 5.74) is 3.46. The van der Waals surface area contributed by atoms with Gasteiger partial charge < -0.3 is 10.1 Å². The zero-order valence-electron chi connectivity index (χ0n) is 19.5. The number of carbonyl (C=O) groups is 2. The predicted octanol–water partition coefficient (Wildman–Crippen LogP) is 7.62. The summed E-state index contributed by atoms with van der Waals surface area (Å²) < 4.78 is 6.04. The molecule has 0 saturated carbocycles. The van der Waals surface area contributed by atoms with Gasteiger partial charge in [0, 0.05) is 10.3 Å². The molecule has 5 rings (SSSR count). The molecular weight excluding hydrogens is 500 g/mol. The van der Waals surface area contributed by atoms with Gasteiger partial charge in [-0.05, 0) is 61.9 Å². The SMILES string of the molecule is CCOC(=O)c1c(NC(=O)c2cc(-c3ccc(Cl)s3)nc3ccccc23)sc2c1CC[C@H](CC)C2. The number of thiophene rings is 2. The minimum atomic E-state index is -0.372. The molecule has 3 heterocycles. The van der Waals surface area contributed by atoms with Gasteiger partial charge in [-0.2, -0.15) is 0 Å². The van der Waals surface area contributed by atoms with Crippen LogP contribution in [0.4, 0.5) is 5.00 Å². The first-order valence-electron chi connectivity index (χ1n) is 11.8. The minimum Gasteiger partial charge on any atom is -0.462 e. The van der Waals surface area contributed by atoms with Gasteiger partial charge in [-0.3, -0.25) is 4.79 Å². The monoisotopic (exact) mass is 524 g/mol. The van der Waals surface area contributed by atoms with E-state index in [1.807, 2.05) is 36.4 Å². The summed E-state index contributed by atoms with van der Waals surface area (Å²) in [4.78, 5) is 33.4. The van der Waals surface area contributed by atoms with Crippen molar-refractivity contribution in [1.29, 1.82) is 0 Å². The third kappa shape index (κ3) is 4.73. The maximum Gasteiger partial charge on any atom is 0.341 e. The van der Waals surface area contributed by atoms with E-state index >= 15 is 0 Å². The molecule has 1 aliphatic rings. The molecule has 0 saturated heterocycles. The number of halogens is 1. The van der Waals surface area contributed by atoms with E-state index in [9.17, 15) is 9.59 Å². The van der Waals surface area contributed by atoms with E-state index in [4.69, 9.17) is 21.3 Å². The molecule has 8 heteroatoms. The van der Waals surface area contributed by atoms with E-state index in [1.165, 1.54) is 27.6 Å². The summed E-state index contributed by atoms with van der Waals surface area (Å²) in [6.07, 6.45) is 3.91. The Bertz CT molecular complexity index is 1430. The van der Waals surface area contributed by atoms with Crippen LogP contribution in [0.5, 0.6) is 0 Å². The van der Waals surface area contributed by atoms with Gasteiger partial charge in [0.1, 0.15) is 5.00 Å². The number of ether oxygens (including phenoxy) is 1. The fourth-order valence-corrected chi connectivity index (χ4v) is 6.97. The zero-order valence-corrected chi connectivity index (χ0v) is 21.9. The molecule has 0 aliphatic heterocycles. The molecule has 5 nitrogen and oxygen atoms in total. The first-order valence-corrected chi connectivity index (χ1v) is 13.8. The number of hydrogen-bond acceptors (Lipinski definition) is 6. The molecule has 0 bridgehead atoms. The van der Waals surface area contributed by atoms with E-state index in [0.717, 1.165) is 47.0 Å². The topological polar surface area (TPSA) is 68.3 Å². The van der Waals surface area contributed by atoms with Crippen LogP contribution in [0, 0.1) is 5.92 Å². The minimum absolute atomic E-state index is 0.274. The quantitative estimate of drug-likeness (QED) is 0.263. The predicted molar refractivity (Wildman–Crippen MR) is 144 cm³/mol. The second-order valence-electron chi connectivity index (χ2n) is 8.58. The molecule has 35 heavy (non-hydrogen) atoms. The van der Waals surface area contributed by atoms with Crippen LogP contribution in [-0.4, -0.2) is 23.5 Å². The molecule has 0 unspecified atom stereocenters. The highest BCUT2D eigenvalue weighted by molar-refractivity contribution is 7.19.